The summed E-state index contributed by atoms with van der Waals surface area (Å²) in [6.07, 6.45) is 8.58. The van der Waals surface area contributed by atoms with Crippen molar-refractivity contribution < 1.29 is 119 Å². The summed E-state index contributed by atoms with van der Waals surface area (Å²) in [7, 11) is -1.33. The van der Waals surface area contributed by atoms with E-state index in [1.165, 1.54) is 11.1 Å². The van der Waals surface area contributed by atoms with Crippen LogP contribution in [0.4, 0.5) is 11.6 Å². The summed E-state index contributed by atoms with van der Waals surface area (Å²) >= 11 is 3.25. The number of fused-ring (bicyclic) bond motifs is 2. The van der Waals surface area contributed by atoms with Gasteiger partial charge in [0.1, 0.15) is 42.0 Å². The van der Waals surface area contributed by atoms with Gasteiger partial charge in [0.15, 0.2) is 0 Å². The van der Waals surface area contributed by atoms with Gasteiger partial charge in [0, 0.05) is 23.2 Å². The molecule has 2 atom stereocenters. The fourth-order valence-electron chi connectivity index (χ4n) is 4.37. The van der Waals surface area contributed by atoms with Crippen molar-refractivity contribution in [2.24, 2.45) is 0 Å². The molecule has 0 amide bonds. The molecule has 4 aromatic heterocycles. The molecule has 9 nitrogen and oxygen atoms in total. The van der Waals surface area contributed by atoms with Crippen molar-refractivity contribution in [2.45, 2.75) is 45.6 Å². The molecule has 0 aliphatic rings. The molecule has 0 fully saturated rings. The number of benzene rings is 2. The molecule has 262 valence electrons. The molecule has 0 spiro atoms. The van der Waals surface area contributed by atoms with E-state index in [1.54, 1.807) is 35.3 Å². The average molecular weight is 839 g/mol. The Morgan fingerprint density at radius 2 is 1.17 bits per heavy atom. The maximum absolute atomic E-state index is 8.64. The number of carbonyl (C=O) groups excluding carboxylic acids is 1. The van der Waals surface area contributed by atoms with Crippen LogP contribution in [-0.4, -0.2) is 34.5 Å². The van der Waals surface area contributed by atoms with Crippen LogP contribution in [0.3, 0.4) is 0 Å². The van der Waals surface area contributed by atoms with Gasteiger partial charge in [0.05, 0.1) is 10.8 Å². The monoisotopic (exact) mass is 838 g/mol. The number of nitrogens with zero attached hydrogens (tertiary/aromatic N) is 4. The number of carbonyl (C=O) groups is 1. The molecule has 2 N–H and O–H groups in total. The third-order valence-corrected chi connectivity index (χ3v) is 9.36. The summed E-state index contributed by atoms with van der Waals surface area (Å²) in [5.41, 5.74) is 7.76. The molecule has 4 heterocycles. The van der Waals surface area contributed by atoms with Crippen LogP contribution in [0, 0.1) is 23.8 Å². The number of anilines is 2. The smallest absolute Gasteiger partial charge is 1.00 e. The summed E-state index contributed by atoms with van der Waals surface area (Å²) in [4.78, 5) is 30.5. The first-order valence-electron chi connectivity index (χ1n) is 14.9. The van der Waals surface area contributed by atoms with Gasteiger partial charge in [-0.15, -0.1) is 34.6 Å². The Morgan fingerprint density at radius 3 is 1.54 bits per heavy atom. The Hall–Kier alpha value is -1.14. The van der Waals surface area contributed by atoms with Gasteiger partial charge in [0.25, 0.3) is 6.47 Å². The van der Waals surface area contributed by atoms with E-state index in [0.29, 0.717) is 0 Å². The van der Waals surface area contributed by atoms with Gasteiger partial charge < -0.3 is 22.2 Å². The molecule has 6 rings (SSSR count). The summed E-state index contributed by atoms with van der Waals surface area (Å²) in [5.74, 6) is 7.67. The van der Waals surface area contributed by atoms with Crippen LogP contribution >= 0.6 is 49.7 Å². The second-order valence-electron chi connectivity index (χ2n) is 11.5. The Bertz CT molecular complexity index is 2070. The van der Waals surface area contributed by atoms with Gasteiger partial charge in [-0.2, -0.15) is 27.0 Å². The SMILES string of the molecule is C#Cc1ccc([C@H](C)Nc2ncnc3sccc23)cc1.C[C@H](Nc1ncnc2sccc12)c1ccc(C#C[Si](C)(C)C)cc1.O=CO[O-].S.S.[H-].[K+].[K+]. The van der Waals surface area contributed by atoms with Crippen LogP contribution in [0.1, 0.15) is 49.6 Å². The molecular weight excluding hydrogens is 799 g/mol. The van der Waals surface area contributed by atoms with Gasteiger partial charge in [-0.25, -0.2) is 19.9 Å². The minimum Gasteiger partial charge on any atom is -1.00 e. The first kappa shape index (κ1) is 50.9. The van der Waals surface area contributed by atoms with Gasteiger partial charge in [-0.3, -0.25) is 4.79 Å². The van der Waals surface area contributed by atoms with Crippen LogP contribution in [0.25, 0.3) is 20.4 Å². The van der Waals surface area contributed by atoms with E-state index >= 15 is 0 Å². The summed E-state index contributed by atoms with van der Waals surface area (Å²) in [5, 5.41) is 21.6. The number of hydrogen-bond donors (Lipinski definition) is 2. The Morgan fingerprint density at radius 1 is 0.769 bits per heavy atom. The van der Waals surface area contributed by atoms with Crippen molar-refractivity contribution in [3.63, 3.8) is 0 Å². The van der Waals surface area contributed by atoms with Crippen molar-refractivity contribution in [1.29, 1.82) is 0 Å². The van der Waals surface area contributed by atoms with E-state index in [2.05, 4.69) is 117 Å². The molecular formula is C36H40K2N6O3S4Si. The quantitative estimate of drug-likeness (QED) is 0.0814. The molecule has 2 aromatic carbocycles. The number of aromatic nitrogens is 4. The summed E-state index contributed by atoms with van der Waals surface area (Å²) in [6, 6.07) is 20.9. The van der Waals surface area contributed by atoms with Crippen molar-refractivity contribution in [3.8, 4) is 23.8 Å². The topological polar surface area (TPSA) is 125 Å². The van der Waals surface area contributed by atoms with Crippen molar-refractivity contribution in [2.75, 3.05) is 10.6 Å². The van der Waals surface area contributed by atoms with Crippen LogP contribution in [0.5, 0.6) is 0 Å². The zero-order chi connectivity index (χ0) is 34.5. The van der Waals surface area contributed by atoms with E-state index in [9.17, 15) is 0 Å². The average Bonchev–Trinajstić information content (AvgIpc) is 3.79. The molecule has 0 bridgehead atoms. The summed E-state index contributed by atoms with van der Waals surface area (Å²) < 4.78 is 0. The second kappa shape index (κ2) is 25.8. The van der Waals surface area contributed by atoms with E-state index in [-0.39, 0.29) is 150 Å². The van der Waals surface area contributed by atoms with Gasteiger partial charge in [-0.1, -0.05) is 55.7 Å². The van der Waals surface area contributed by atoms with Gasteiger partial charge in [-0.05, 0) is 72.1 Å². The predicted molar refractivity (Wildman–Crippen MR) is 219 cm³/mol. The molecule has 52 heavy (non-hydrogen) atoms. The van der Waals surface area contributed by atoms with Crippen LogP contribution < -0.4 is 119 Å². The van der Waals surface area contributed by atoms with E-state index in [0.717, 1.165) is 43.2 Å². The molecule has 0 aliphatic heterocycles. The molecule has 0 saturated carbocycles. The number of hydrogen-bond acceptors (Lipinski definition) is 11. The second-order valence-corrected chi connectivity index (χ2v) is 18.1. The molecule has 16 heteroatoms. The molecule has 0 aliphatic carbocycles. The normalized spacial score (nSPS) is 10.8. The maximum Gasteiger partial charge on any atom is 1.00 e. The van der Waals surface area contributed by atoms with Crippen LogP contribution in [0.2, 0.25) is 19.6 Å². The minimum absolute atomic E-state index is 0. The first-order chi connectivity index (χ1) is 23.1. The largest absolute Gasteiger partial charge is 1.00 e. The number of nitrogens with one attached hydrogen (secondary N) is 2. The van der Waals surface area contributed by atoms with Crippen molar-refractivity contribution in [3.05, 3.63) is 106 Å². The molecule has 0 radical (unpaired) electrons. The first-order valence-corrected chi connectivity index (χ1v) is 20.2. The number of rotatable bonds is 7. The Labute approximate surface area is 415 Å². The maximum atomic E-state index is 8.64. The van der Waals surface area contributed by atoms with E-state index < -0.39 is 8.07 Å². The van der Waals surface area contributed by atoms with E-state index in [4.69, 9.17) is 16.5 Å². The van der Waals surface area contributed by atoms with Crippen LogP contribution in [0.15, 0.2) is 84.1 Å². The van der Waals surface area contributed by atoms with Crippen molar-refractivity contribution in [1.82, 2.24) is 19.9 Å². The molecule has 0 saturated heterocycles. The third-order valence-electron chi connectivity index (χ3n) is 6.84. The predicted octanol–water partition coefficient (Wildman–Crippen LogP) is 1.72. The van der Waals surface area contributed by atoms with Gasteiger partial charge in [0.2, 0.25) is 0 Å². The fraction of sp³-hybridized carbons (Fsp3) is 0.194. The zero-order valence-corrected chi connectivity index (χ0v) is 41.1. The number of thiophene rings is 2. The van der Waals surface area contributed by atoms with Crippen molar-refractivity contribution >= 4 is 96.3 Å². The minimum atomic E-state index is -1.33. The molecule has 0 unspecified atom stereocenters. The zero-order valence-electron chi connectivity index (χ0n) is 31.2. The summed E-state index contributed by atoms with van der Waals surface area (Å²) in [6.45, 7) is 10.8. The Kier molecular flexibility index (Phi) is 25.3. The fourth-order valence-corrected chi connectivity index (χ4v) is 6.35. The Balaban J connectivity index is 0. The van der Waals surface area contributed by atoms with Crippen LogP contribution in [-0.2, 0) is 9.68 Å². The van der Waals surface area contributed by atoms with E-state index in [1.807, 2.05) is 41.1 Å². The third kappa shape index (κ3) is 15.9. The van der Waals surface area contributed by atoms with Gasteiger partial charge >= 0.3 is 103 Å². The molecule has 6 aromatic rings. The standard InChI is InChI=1S/C19H21N3SSi.C16H13N3S.CH2O3.2K.2H2S.H/c1-14(22-18-17-9-11-23-19(17)21-13-20-18)16-7-5-15(6-8-16)10-12-24(2,3)4;1-3-12-4-6-13(7-5-12)11(2)19-15-14-8-9-20-16(14)18-10-17-15;2-1-4-3;;;;;/h5-9,11,13-14H,1-4H3,(H,20,21,22);1,4-11H,2H3,(H,17,18,19);1,3H;;;2*1H2;/q;;;2*+1;;;-1/p-1/t14-;11-;;;;;;/m00....../s1. The number of terminal acetylenes is 1.